The topological polar surface area (TPSA) is 49.6 Å². The van der Waals surface area contributed by atoms with Crippen LogP contribution in [0.3, 0.4) is 0 Å². The van der Waals surface area contributed by atoms with E-state index in [9.17, 15) is 5.26 Å². The van der Waals surface area contributed by atoms with Gasteiger partial charge in [-0.2, -0.15) is 5.26 Å². The standard InChI is InChI=1S/C15H8ClN3S/c16-12-3-4-14-13(7-12)19-15(20-14)11(8-17)6-10-2-1-5-18-9-10/h1-7,9H/b11-6+. The van der Waals surface area contributed by atoms with E-state index in [1.807, 2.05) is 24.3 Å². The van der Waals surface area contributed by atoms with Crippen molar-refractivity contribution in [2.75, 3.05) is 0 Å². The van der Waals surface area contributed by atoms with E-state index >= 15 is 0 Å². The van der Waals surface area contributed by atoms with E-state index in [-0.39, 0.29) is 0 Å². The Kier molecular flexibility index (Phi) is 3.46. The lowest BCUT2D eigenvalue weighted by atomic mass is 10.2. The van der Waals surface area contributed by atoms with Crippen LogP contribution >= 0.6 is 22.9 Å². The Labute approximate surface area is 124 Å². The lowest BCUT2D eigenvalue weighted by Crippen LogP contribution is -1.81. The van der Waals surface area contributed by atoms with Crippen molar-refractivity contribution in [1.29, 1.82) is 5.26 Å². The fraction of sp³-hybridized carbons (Fsp3) is 0. The molecule has 0 saturated heterocycles. The molecule has 0 N–H and O–H groups in total. The second-order valence-corrected chi connectivity index (χ2v) is 5.55. The molecular formula is C15H8ClN3S. The van der Waals surface area contributed by atoms with Gasteiger partial charge in [0, 0.05) is 17.4 Å². The van der Waals surface area contributed by atoms with Crippen molar-refractivity contribution in [3.05, 3.63) is 58.3 Å². The lowest BCUT2D eigenvalue weighted by molar-refractivity contribution is 1.32. The molecular weight excluding hydrogens is 290 g/mol. The molecule has 0 aliphatic heterocycles. The average Bonchev–Trinajstić information content (AvgIpc) is 2.88. The molecule has 0 unspecified atom stereocenters. The van der Waals surface area contributed by atoms with Crippen LogP contribution in [0.4, 0.5) is 0 Å². The second-order valence-electron chi connectivity index (χ2n) is 4.09. The Morgan fingerprint density at radius 2 is 2.25 bits per heavy atom. The van der Waals surface area contributed by atoms with Crippen LogP contribution in [0.1, 0.15) is 10.6 Å². The number of fused-ring (bicyclic) bond motifs is 1. The number of pyridine rings is 1. The first kappa shape index (κ1) is 12.8. The van der Waals surface area contributed by atoms with E-state index in [1.165, 1.54) is 11.3 Å². The maximum absolute atomic E-state index is 9.32. The molecule has 1 aromatic carbocycles. The number of hydrogen-bond acceptors (Lipinski definition) is 4. The van der Waals surface area contributed by atoms with Crippen LogP contribution in [-0.4, -0.2) is 9.97 Å². The third-order valence-corrected chi connectivity index (χ3v) is 4.00. The van der Waals surface area contributed by atoms with E-state index in [0.717, 1.165) is 15.8 Å². The van der Waals surface area contributed by atoms with Crippen molar-refractivity contribution in [2.45, 2.75) is 0 Å². The van der Waals surface area contributed by atoms with Crippen LogP contribution in [0.25, 0.3) is 21.9 Å². The van der Waals surface area contributed by atoms with Crippen LogP contribution in [0.15, 0.2) is 42.7 Å². The summed E-state index contributed by atoms with van der Waals surface area (Å²) in [6, 6.07) is 11.5. The van der Waals surface area contributed by atoms with Gasteiger partial charge in [0.05, 0.1) is 15.8 Å². The van der Waals surface area contributed by atoms with Gasteiger partial charge in [-0.3, -0.25) is 4.98 Å². The molecule has 0 aliphatic rings. The molecule has 0 radical (unpaired) electrons. The first-order valence-electron chi connectivity index (χ1n) is 5.84. The summed E-state index contributed by atoms with van der Waals surface area (Å²) >= 11 is 7.42. The van der Waals surface area contributed by atoms with Crippen molar-refractivity contribution in [3.63, 3.8) is 0 Å². The highest BCUT2D eigenvalue weighted by atomic mass is 35.5. The van der Waals surface area contributed by atoms with Crippen molar-refractivity contribution >= 4 is 44.8 Å². The van der Waals surface area contributed by atoms with E-state index in [4.69, 9.17) is 11.6 Å². The fourth-order valence-corrected chi connectivity index (χ4v) is 2.86. The number of nitriles is 1. The van der Waals surface area contributed by atoms with Gasteiger partial charge < -0.3 is 0 Å². The van der Waals surface area contributed by atoms with Gasteiger partial charge in [0.2, 0.25) is 0 Å². The molecule has 20 heavy (non-hydrogen) atoms. The number of nitrogens with zero attached hydrogens (tertiary/aromatic N) is 3. The monoisotopic (exact) mass is 297 g/mol. The van der Waals surface area contributed by atoms with Gasteiger partial charge in [-0.05, 0) is 35.9 Å². The predicted molar refractivity (Wildman–Crippen MR) is 82.4 cm³/mol. The summed E-state index contributed by atoms with van der Waals surface area (Å²) in [7, 11) is 0. The lowest BCUT2D eigenvalue weighted by Gasteiger charge is -1.93. The summed E-state index contributed by atoms with van der Waals surface area (Å²) < 4.78 is 1.01. The molecule has 0 amide bonds. The molecule has 0 bridgehead atoms. The van der Waals surface area contributed by atoms with E-state index in [0.29, 0.717) is 15.6 Å². The van der Waals surface area contributed by atoms with Crippen LogP contribution in [-0.2, 0) is 0 Å². The molecule has 3 aromatic rings. The fourth-order valence-electron chi connectivity index (χ4n) is 1.79. The number of hydrogen-bond donors (Lipinski definition) is 0. The van der Waals surface area contributed by atoms with E-state index in [2.05, 4.69) is 16.0 Å². The summed E-state index contributed by atoms with van der Waals surface area (Å²) in [4.78, 5) is 8.50. The van der Waals surface area contributed by atoms with Gasteiger partial charge in [-0.25, -0.2) is 4.98 Å². The van der Waals surface area contributed by atoms with Crippen molar-refractivity contribution in [1.82, 2.24) is 9.97 Å². The SMILES string of the molecule is N#C/C(=C\c1cccnc1)c1nc2cc(Cl)ccc2s1. The number of thiazole rings is 1. The molecule has 96 valence electrons. The maximum atomic E-state index is 9.32. The molecule has 0 spiro atoms. The van der Waals surface area contributed by atoms with Gasteiger partial charge in [-0.15, -0.1) is 11.3 Å². The molecule has 2 aromatic heterocycles. The zero-order chi connectivity index (χ0) is 13.9. The molecule has 3 rings (SSSR count). The normalized spacial score (nSPS) is 11.5. The first-order chi connectivity index (χ1) is 9.76. The maximum Gasteiger partial charge on any atom is 0.135 e. The summed E-state index contributed by atoms with van der Waals surface area (Å²) in [6.07, 6.45) is 5.19. The van der Waals surface area contributed by atoms with Crippen LogP contribution < -0.4 is 0 Å². The van der Waals surface area contributed by atoms with Crippen LogP contribution in [0, 0.1) is 11.3 Å². The molecule has 0 aliphatic carbocycles. The summed E-state index contributed by atoms with van der Waals surface area (Å²) in [6.45, 7) is 0. The minimum Gasteiger partial charge on any atom is -0.264 e. The minimum absolute atomic E-state index is 0.523. The molecule has 5 heteroatoms. The minimum atomic E-state index is 0.523. The Balaban J connectivity index is 2.08. The zero-order valence-corrected chi connectivity index (χ0v) is 11.8. The van der Waals surface area contributed by atoms with Crippen molar-refractivity contribution in [3.8, 4) is 6.07 Å². The third kappa shape index (κ3) is 2.55. The molecule has 0 atom stereocenters. The highest BCUT2D eigenvalue weighted by Crippen LogP contribution is 2.29. The molecule has 0 fully saturated rings. The smallest absolute Gasteiger partial charge is 0.135 e. The summed E-state index contributed by atoms with van der Waals surface area (Å²) in [5.41, 5.74) is 2.21. The second kappa shape index (κ2) is 5.41. The van der Waals surface area contributed by atoms with Gasteiger partial charge in [0.15, 0.2) is 0 Å². The van der Waals surface area contributed by atoms with Gasteiger partial charge in [0.1, 0.15) is 11.1 Å². The van der Waals surface area contributed by atoms with E-state index in [1.54, 1.807) is 24.5 Å². The predicted octanol–water partition coefficient (Wildman–Crippen LogP) is 4.41. The van der Waals surface area contributed by atoms with Crippen LogP contribution in [0.2, 0.25) is 5.02 Å². The average molecular weight is 298 g/mol. The Morgan fingerprint density at radius 3 is 3.00 bits per heavy atom. The van der Waals surface area contributed by atoms with Crippen molar-refractivity contribution in [2.24, 2.45) is 0 Å². The van der Waals surface area contributed by atoms with Crippen LogP contribution in [0.5, 0.6) is 0 Å². The van der Waals surface area contributed by atoms with Gasteiger partial charge >= 0.3 is 0 Å². The highest BCUT2D eigenvalue weighted by molar-refractivity contribution is 7.19. The Bertz CT molecular complexity index is 831. The van der Waals surface area contributed by atoms with Gasteiger partial charge in [0.25, 0.3) is 0 Å². The largest absolute Gasteiger partial charge is 0.264 e. The molecule has 2 heterocycles. The first-order valence-corrected chi connectivity index (χ1v) is 7.04. The number of halogens is 1. The number of aromatic nitrogens is 2. The quantitative estimate of drug-likeness (QED) is 0.658. The van der Waals surface area contributed by atoms with E-state index < -0.39 is 0 Å². The molecule has 0 saturated carbocycles. The highest BCUT2D eigenvalue weighted by Gasteiger charge is 2.09. The molecule has 3 nitrogen and oxygen atoms in total. The van der Waals surface area contributed by atoms with Gasteiger partial charge in [-0.1, -0.05) is 17.7 Å². The summed E-state index contributed by atoms with van der Waals surface area (Å²) in [5, 5.41) is 10.7. The third-order valence-electron chi connectivity index (χ3n) is 2.70. The van der Waals surface area contributed by atoms with Crippen molar-refractivity contribution < 1.29 is 0 Å². The number of allylic oxidation sites excluding steroid dienone is 1. The Hall–Kier alpha value is -2.22. The number of rotatable bonds is 2. The summed E-state index contributed by atoms with van der Waals surface area (Å²) in [5.74, 6) is 0. The Morgan fingerprint density at radius 1 is 1.35 bits per heavy atom. The number of benzene rings is 1. The zero-order valence-electron chi connectivity index (χ0n) is 10.2.